The molecule has 0 spiro atoms. The average Bonchev–Trinajstić information content (AvgIpc) is 2.49. The number of hydrogen-bond acceptors (Lipinski definition) is 2. The van der Waals surface area contributed by atoms with Crippen LogP contribution in [0.25, 0.3) is 0 Å². The first-order chi connectivity index (χ1) is 7.25. The predicted octanol–water partition coefficient (Wildman–Crippen LogP) is 2.18. The summed E-state index contributed by atoms with van der Waals surface area (Å²) in [6, 6.07) is 0.745. The van der Waals surface area contributed by atoms with Gasteiger partial charge in [-0.1, -0.05) is 20.3 Å². The molecular weight excluding hydrogens is 186 g/mol. The Morgan fingerprint density at radius 1 is 1.53 bits per heavy atom. The van der Waals surface area contributed by atoms with E-state index in [-0.39, 0.29) is 0 Å². The normalized spacial score (nSPS) is 17.0. The molecule has 1 aromatic heterocycles. The van der Waals surface area contributed by atoms with Gasteiger partial charge >= 0.3 is 0 Å². The number of aromatic nitrogens is 2. The molecule has 0 saturated heterocycles. The highest BCUT2D eigenvalue weighted by molar-refractivity contribution is 4.93. The minimum atomic E-state index is 0.682. The molecule has 1 saturated carbocycles. The van der Waals surface area contributed by atoms with Crippen LogP contribution in [0.3, 0.4) is 0 Å². The van der Waals surface area contributed by atoms with E-state index in [1.807, 2.05) is 6.20 Å². The average molecular weight is 207 g/mol. The first-order valence-corrected chi connectivity index (χ1v) is 5.99. The van der Waals surface area contributed by atoms with E-state index in [4.69, 9.17) is 0 Å². The SMILES string of the molecule is CC(C)Cn1ccnc1CNC1CCC1. The van der Waals surface area contributed by atoms with Crippen molar-refractivity contribution in [2.24, 2.45) is 5.92 Å². The van der Waals surface area contributed by atoms with E-state index in [2.05, 4.69) is 34.9 Å². The molecule has 15 heavy (non-hydrogen) atoms. The zero-order valence-electron chi connectivity index (χ0n) is 9.74. The van der Waals surface area contributed by atoms with Crippen LogP contribution in [-0.2, 0) is 13.1 Å². The Labute approximate surface area is 91.9 Å². The highest BCUT2D eigenvalue weighted by Crippen LogP contribution is 2.18. The van der Waals surface area contributed by atoms with Crippen molar-refractivity contribution in [3.8, 4) is 0 Å². The van der Waals surface area contributed by atoms with Gasteiger partial charge in [0.15, 0.2) is 0 Å². The smallest absolute Gasteiger partial charge is 0.122 e. The molecule has 0 unspecified atom stereocenters. The Morgan fingerprint density at radius 3 is 2.93 bits per heavy atom. The summed E-state index contributed by atoms with van der Waals surface area (Å²) in [7, 11) is 0. The summed E-state index contributed by atoms with van der Waals surface area (Å²) in [5.41, 5.74) is 0. The summed E-state index contributed by atoms with van der Waals surface area (Å²) in [5.74, 6) is 1.86. The van der Waals surface area contributed by atoms with Gasteiger partial charge in [-0.25, -0.2) is 4.98 Å². The quantitative estimate of drug-likeness (QED) is 0.802. The third kappa shape index (κ3) is 2.81. The Hall–Kier alpha value is -0.830. The highest BCUT2D eigenvalue weighted by atomic mass is 15.1. The monoisotopic (exact) mass is 207 g/mol. The topological polar surface area (TPSA) is 29.9 Å². The van der Waals surface area contributed by atoms with Crippen LogP contribution in [0.4, 0.5) is 0 Å². The zero-order chi connectivity index (χ0) is 10.7. The lowest BCUT2D eigenvalue weighted by molar-refractivity contribution is 0.332. The summed E-state index contributed by atoms with van der Waals surface area (Å²) < 4.78 is 2.26. The first kappa shape index (κ1) is 10.7. The van der Waals surface area contributed by atoms with Gasteiger partial charge in [-0.3, -0.25) is 0 Å². The first-order valence-electron chi connectivity index (χ1n) is 5.99. The standard InChI is InChI=1S/C12H21N3/c1-10(2)9-15-7-6-13-12(15)8-14-11-4-3-5-11/h6-7,10-11,14H,3-5,8-9H2,1-2H3. The van der Waals surface area contributed by atoms with Crippen LogP contribution in [0.5, 0.6) is 0 Å². The van der Waals surface area contributed by atoms with Gasteiger partial charge in [0.1, 0.15) is 5.82 Å². The summed E-state index contributed by atoms with van der Waals surface area (Å²) in [6.45, 7) is 6.47. The Morgan fingerprint density at radius 2 is 2.33 bits per heavy atom. The molecule has 0 radical (unpaired) electrons. The van der Waals surface area contributed by atoms with Gasteiger partial charge < -0.3 is 9.88 Å². The summed E-state index contributed by atoms with van der Waals surface area (Å²) in [5, 5.41) is 3.55. The number of imidazole rings is 1. The molecular formula is C12H21N3. The van der Waals surface area contributed by atoms with Gasteiger partial charge in [0.25, 0.3) is 0 Å². The van der Waals surface area contributed by atoms with Crippen molar-refractivity contribution in [1.82, 2.24) is 14.9 Å². The van der Waals surface area contributed by atoms with E-state index in [0.29, 0.717) is 5.92 Å². The minimum absolute atomic E-state index is 0.682. The molecule has 0 atom stereocenters. The van der Waals surface area contributed by atoms with E-state index in [1.54, 1.807) is 0 Å². The number of nitrogens with one attached hydrogen (secondary N) is 1. The van der Waals surface area contributed by atoms with Gasteiger partial charge in [-0.15, -0.1) is 0 Å². The van der Waals surface area contributed by atoms with Crippen LogP contribution < -0.4 is 5.32 Å². The zero-order valence-corrected chi connectivity index (χ0v) is 9.74. The van der Waals surface area contributed by atoms with Gasteiger partial charge in [0, 0.05) is 25.0 Å². The van der Waals surface area contributed by atoms with Gasteiger partial charge in [-0.2, -0.15) is 0 Å². The second kappa shape index (κ2) is 4.79. The van der Waals surface area contributed by atoms with Crippen LogP contribution in [0.2, 0.25) is 0 Å². The van der Waals surface area contributed by atoms with Crippen molar-refractivity contribution in [1.29, 1.82) is 0 Å². The lowest BCUT2D eigenvalue weighted by atomic mass is 9.93. The Kier molecular flexibility index (Phi) is 3.41. The molecule has 3 nitrogen and oxygen atoms in total. The molecule has 0 amide bonds. The van der Waals surface area contributed by atoms with Crippen molar-refractivity contribution in [2.45, 2.75) is 52.2 Å². The largest absolute Gasteiger partial charge is 0.334 e. The summed E-state index contributed by atoms with van der Waals surface area (Å²) in [4.78, 5) is 4.40. The van der Waals surface area contributed by atoms with E-state index < -0.39 is 0 Å². The molecule has 3 heteroatoms. The third-order valence-electron chi connectivity index (χ3n) is 3.02. The molecule has 1 N–H and O–H groups in total. The lowest BCUT2D eigenvalue weighted by Gasteiger charge is -2.26. The molecule has 84 valence electrons. The van der Waals surface area contributed by atoms with E-state index >= 15 is 0 Å². The van der Waals surface area contributed by atoms with E-state index in [9.17, 15) is 0 Å². The number of hydrogen-bond donors (Lipinski definition) is 1. The van der Waals surface area contributed by atoms with Gasteiger partial charge in [0.2, 0.25) is 0 Å². The maximum Gasteiger partial charge on any atom is 0.122 e. The fourth-order valence-electron chi connectivity index (χ4n) is 1.91. The van der Waals surface area contributed by atoms with Crippen molar-refractivity contribution < 1.29 is 0 Å². The van der Waals surface area contributed by atoms with Crippen molar-refractivity contribution in [2.75, 3.05) is 0 Å². The maximum atomic E-state index is 4.40. The van der Waals surface area contributed by atoms with E-state index in [0.717, 1.165) is 19.1 Å². The second-order valence-electron chi connectivity index (χ2n) is 4.90. The predicted molar refractivity (Wildman–Crippen MR) is 61.5 cm³/mol. The van der Waals surface area contributed by atoms with Crippen LogP contribution >= 0.6 is 0 Å². The molecule has 1 aliphatic carbocycles. The highest BCUT2D eigenvalue weighted by Gasteiger charge is 2.17. The fourth-order valence-corrected chi connectivity index (χ4v) is 1.91. The minimum Gasteiger partial charge on any atom is -0.334 e. The van der Waals surface area contributed by atoms with E-state index in [1.165, 1.54) is 25.1 Å². The van der Waals surface area contributed by atoms with Crippen LogP contribution in [0.15, 0.2) is 12.4 Å². The number of rotatable bonds is 5. The van der Waals surface area contributed by atoms with Crippen molar-refractivity contribution in [3.63, 3.8) is 0 Å². The molecule has 1 aromatic rings. The third-order valence-corrected chi connectivity index (χ3v) is 3.02. The van der Waals surface area contributed by atoms with Crippen LogP contribution in [0, 0.1) is 5.92 Å². The fraction of sp³-hybridized carbons (Fsp3) is 0.750. The Bertz CT molecular complexity index is 300. The number of nitrogens with zero attached hydrogens (tertiary/aromatic N) is 2. The Balaban J connectivity index is 1.86. The lowest BCUT2D eigenvalue weighted by Crippen LogP contribution is -2.35. The van der Waals surface area contributed by atoms with Crippen LogP contribution in [-0.4, -0.2) is 15.6 Å². The molecule has 2 rings (SSSR count). The van der Waals surface area contributed by atoms with Gasteiger partial charge in [0.05, 0.1) is 6.54 Å². The van der Waals surface area contributed by atoms with Crippen molar-refractivity contribution >= 4 is 0 Å². The van der Waals surface area contributed by atoms with Crippen LogP contribution in [0.1, 0.15) is 38.9 Å². The summed E-state index contributed by atoms with van der Waals surface area (Å²) in [6.07, 6.45) is 8.05. The van der Waals surface area contributed by atoms with Crippen molar-refractivity contribution in [3.05, 3.63) is 18.2 Å². The molecule has 1 fully saturated rings. The molecule has 0 aliphatic heterocycles. The summed E-state index contributed by atoms with van der Waals surface area (Å²) >= 11 is 0. The van der Waals surface area contributed by atoms with Gasteiger partial charge in [-0.05, 0) is 18.8 Å². The molecule has 1 heterocycles. The molecule has 0 aromatic carbocycles. The maximum absolute atomic E-state index is 4.40. The second-order valence-corrected chi connectivity index (χ2v) is 4.90. The molecule has 1 aliphatic rings. The molecule has 0 bridgehead atoms.